The number of methoxy groups -OCH3 is 1. The molecule has 0 fully saturated rings. The van der Waals surface area contributed by atoms with Gasteiger partial charge in [0.2, 0.25) is 0 Å². The summed E-state index contributed by atoms with van der Waals surface area (Å²) in [4.78, 5) is 20.6. The number of ether oxygens (including phenoxy) is 2. The predicted molar refractivity (Wildman–Crippen MR) is 54.8 cm³/mol. The van der Waals surface area contributed by atoms with Crippen LogP contribution >= 0.6 is 0 Å². The summed E-state index contributed by atoms with van der Waals surface area (Å²) in [5, 5.41) is 21.3. The number of benzene rings is 1. The smallest absolute Gasteiger partial charge is 0.270 e. The number of carbonyl (C=O) groups excluding carboxylic acids is 1. The van der Waals surface area contributed by atoms with Crippen LogP contribution in [-0.4, -0.2) is 31.2 Å². The predicted octanol–water partition coefficient (Wildman–Crippen LogP) is -0.0165. The maximum absolute atomic E-state index is 10.8. The zero-order valence-electron chi connectivity index (χ0n) is 9.04. The van der Waals surface area contributed by atoms with Crippen molar-refractivity contribution in [1.29, 1.82) is 0 Å². The molecule has 0 aliphatic rings. The first-order valence-corrected chi connectivity index (χ1v) is 4.67. The number of carboxylic acids is 1. The van der Waals surface area contributed by atoms with Crippen molar-refractivity contribution < 1.29 is 24.3 Å². The van der Waals surface area contributed by atoms with Crippen LogP contribution in [0.4, 0.5) is 5.69 Å². The molecule has 1 rings (SSSR count). The van der Waals surface area contributed by atoms with E-state index in [9.17, 15) is 20.0 Å². The molecule has 0 unspecified atom stereocenters. The molecular formula is C10H10NO6-. The maximum Gasteiger partial charge on any atom is 0.270 e. The number of hydrogen-bond donors (Lipinski definition) is 0. The molecule has 0 bridgehead atoms. The van der Waals surface area contributed by atoms with Crippen LogP contribution in [0.5, 0.6) is 5.75 Å². The van der Waals surface area contributed by atoms with Gasteiger partial charge in [-0.1, -0.05) is 0 Å². The van der Waals surface area contributed by atoms with E-state index in [1.54, 1.807) is 0 Å². The summed E-state index contributed by atoms with van der Waals surface area (Å²) in [6.45, 7) is 0.429. The molecule has 0 saturated carbocycles. The Morgan fingerprint density at radius 1 is 1.41 bits per heavy atom. The zero-order valence-corrected chi connectivity index (χ0v) is 9.04. The standard InChI is InChI=1S/C10H11NO6/c1-16-4-5-17-9-3-2-7(11(14)15)6-8(9)10(12)13/h2-3,6H,4-5H2,1H3,(H,12,13)/p-1. The summed E-state index contributed by atoms with van der Waals surface area (Å²) >= 11 is 0. The second kappa shape index (κ2) is 5.80. The lowest BCUT2D eigenvalue weighted by Gasteiger charge is -2.11. The minimum absolute atomic E-state index is 0.0210. The van der Waals surface area contributed by atoms with E-state index in [2.05, 4.69) is 0 Å². The number of nitro benzene ring substituents is 1. The number of carbonyl (C=O) groups is 1. The van der Waals surface area contributed by atoms with Crippen molar-refractivity contribution in [2.75, 3.05) is 20.3 Å². The highest BCUT2D eigenvalue weighted by Crippen LogP contribution is 2.23. The van der Waals surface area contributed by atoms with Crippen molar-refractivity contribution in [3.63, 3.8) is 0 Å². The molecule has 7 nitrogen and oxygen atoms in total. The largest absolute Gasteiger partial charge is 0.545 e. The van der Waals surface area contributed by atoms with E-state index in [1.807, 2.05) is 0 Å². The fraction of sp³-hybridized carbons (Fsp3) is 0.300. The average molecular weight is 240 g/mol. The van der Waals surface area contributed by atoms with Gasteiger partial charge in [-0.25, -0.2) is 0 Å². The summed E-state index contributed by atoms with van der Waals surface area (Å²) in [7, 11) is 1.47. The van der Waals surface area contributed by atoms with Crippen molar-refractivity contribution in [2.45, 2.75) is 0 Å². The van der Waals surface area contributed by atoms with Gasteiger partial charge in [0, 0.05) is 24.8 Å². The first kappa shape index (κ1) is 12.9. The maximum atomic E-state index is 10.8. The molecule has 1 aromatic carbocycles. The van der Waals surface area contributed by atoms with Gasteiger partial charge in [0.15, 0.2) is 0 Å². The molecule has 0 amide bonds. The summed E-state index contributed by atoms with van der Waals surface area (Å²) in [5.74, 6) is -1.51. The Morgan fingerprint density at radius 3 is 2.65 bits per heavy atom. The molecule has 0 spiro atoms. The van der Waals surface area contributed by atoms with Gasteiger partial charge in [-0.3, -0.25) is 10.1 Å². The Morgan fingerprint density at radius 2 is 2.12 bits per heavy atom. The lowest BCUT2D eigenvalue weighted by Crippen LogP contribution is -2.23. The summed E-state index contributed by atoms with van der Waals surface area (Å²) < 4.78 is 9.83. The average Bonchev–Trinajstić information content (AvgIpc) is 2.29. The molecular weight excluding hydrogens is 230 g/mol. The molecule has 0 atom stereocenters. The zero-order chi connectivity index (χ0) is 12.8. The Bertz CT molecular complexity index is 431. The summed E-state index contributed by atoms with van der Waals surface area (Å²) in [5.41, 5.74) is -0.682. The monoisotopic (exact) mass is 240 g/mol. The van der Waals surface area contributed by atoms with Crippen LogP contribution in [0.1, 0.15) is 10.4 Å². The van der Waals surface area contributed by atoms with E-state index < -0.39 is 10.9 Å². The van der Waals surface area contributed by atoms with Crippen LogP contribution in [0.3, 0.4) is 0 Å². The molecule has 1 aromatic rings. The van der Waals surface area contributed by atoms with Gasteiger partial charge in [-0.2, -0.15) is 0 Å². The Balaban J connectivity index is 2.96. The van der Waals surface area contributed by atoms with Gasteiger partial charge in [-0.05, 0) is 6.07 Å². The summed E-state index contributed by atoms with van der Waals surface area (Å²) in [6, 6.07) is 3.28. The molecule has 0 saturated heterocycles. The van der Waals surface area contributed by atoms with Gasteiger partial charge < -0.3 is 19.4 Å². The lowest BCUT2D eigenvalue weighted by molar-refractivity contribution is -0.385. The molecule has 0 aliphatic heterocycles. The lowest BCUT2D eigenvalue weighted by atomic mass is 10.2. The third kappa shape index (κ3) is 3.42. The van der Waals surface area contributed by atoms with E-state index in [0.29, 0.717) is 0 Å². The minimum Gasteiger partial charge on any atom is -0.545 e. The first-order valence-electron chi connectivity index (χ1n) is 4.67. The second-order valence-electron chi connectivity index (χ2n) is 3.07. The Hall–Kier alpha value is -2.15. The van der Waals surface area contributed by atoms with Gasteiger partial charge in [0.05, 0.1) is 17.5 Å². The number of non-ortho nitro benzene ring substituents is 1. The first-order chi connectivity index (χ1) is 8.06. The highest BCUT2D eigenvalue weighted by molar-refractivity contribution is 5.90. The highest BCUT2D eigenvalue weighted by atomic mass is 16.6. The minimum atomic E-state index is -1.53. The van der Waals surface area contributed by atoms with E-state index in [-0.39, 0.29) is 30.2 Å². The molecule has 17 heavy (non-hydrogen) atoms. The number of hydrogen-bond acceptors (Lipinski definition) is 6. The van der Waals surface area contributed by atoms with Crippen LogP contribution in [0, 0.1) is 10.1 Å². The topological polar surface area (TPSA) is 102 Å². The Labute approximate surface area is 96.7 Å². The number of nitrogens with zero attached hydrogens (tertiary/aromatic N) is 1. The Kier molecular flexibility index (Phi) is 4.41. The SMILES string of the molecule is COCCOc1ccc([N+](=O)[O-])cc1C(=O)[O-]. The van der Waals surface area contributed by atoms with Crippen LogP contribution < -0.4 is 9.84 Å². The van der Waals surface area contributed by atoms with Crippen molar-refractivity contribution in [3.8, 4) is 5.75 Å². The van der Waals surface area contributed by atoms with Gasteiger partial charge in [-0.15, -0.1) is 0 Å². The molecule has 0 radical (unpaired) electrons. The van der Waals surface area contributed by atoms with Crippen LogP contribution in [0.2, 0.25) is 0 Å². The van der Waals surface area contributed by atoms with E-state index in [0.717, 1.165) is 12.1 Å². The van der Waals surface area contributed by atoms with E-state index in [1.165, 1.54) is 13.2 Å². The number of rotatable bonds is 6. The second-order valence-corrected chi connectivity index (χ2v) is 3.07. The van der Waals surface area contributed by atoms with Gasteiger partial charge in [0.1, 0.15) is 12.4 Å². The molecule has 92 valence electrons. The quantitative estimate of drug-likeness (QED) is 0.393. The van der Waals surface area contributed by atoms with Crippen LogP contribution in [0.15, 0.2) is 18.2 Å². The number of nitro groups is 1. The third-order valence-corrected chi connectivity index (χ3v) is 1.94. The molecule has 7 heteroatoms. The van der Waals surface area contributed by atoms with Crippen LogP contribution in [0.25, 0.3) is 0 Å². The van der Waals surface area contributed by atoms with Gasteiger partial charge in [0.25, 0.3) is 5.69 Å². The van der Waals surface area contributed by atoms with Crippen LogP contribution in [-0.2, 0) is 4.74 Å². The van der Waals surface area contributed by atoms with Gasteiger partial charge >= 0.3 is 0 Å². The van der Waals surface area contributed by atoms with Crippen molar-refractivity contribution in [2.24, 2.45) is 0 Å². The normalized spacial score (nSPS) is 9.94. The highest BCUT2D eigenvalue weighted by Gasteiger charge is 2.12. The van der Waals surface area contributed by atoms with E-state index in [4.69, 9.17) is 9.47 Å². The molecule has 0 heterocycles. The number of aromatic carboxylic acids is 1. The summed E-state index contributed by atoms with van der Waals surface area (Å²) in [6.07, 6.45) is 0. The van der Waals surface area contributed by atoms with Crippen molar-refractivity contribution >= 4 is 11.7 Å². The molecule has 0 N–H and O–H groups in total. The van der Waals surface area contributed by atoms with Crippen molar-refractivity contribution in [1.82, 2.24) is 0 Å². The number of carboxylic acid groups (broad SMARTS) is 1. The fourth-order valence-electron chi connectivity index (χ4n) is 1.15. The third-order valence-electron chi connectivity index (χ3n) is 1.94. The van der Waals surface area contributed by atoms with Crippen molar-refractivity contribution in [3.05, 3.63) is 33.9 Å². The van der Waals surface area contributed by atoms with E-state index >= 15 is 0 Å². The fourth-order valence-corrected chi connectivity index (χ4v) is 1.15. The molecule has 0 aliphatic carbocycles. The molecule has 0 aromatic heterocycles.